The van der Waals surface area contributed by atoms with Gasteiger partial charge in [-0.1, -0.05) is 43.2 Å². The summed E-state index contributed by atoms with van der Waals surface area (Å²) < 4.78 is 1.75. The quantitative estimate of drug-likeness (QED) is 0.805. The molecule has 1 aliphatic carbocycles. The zero-order valence-corrected chi connectivity index (χ0v) is 13.9. The van der Waals surface area contributed by atoms with E-state index < -0.39 is 6.10 Å². The molecule has 1 heterocycles. The van der Waals surface area contributed by atoms with Crippen LogP contribution in [-0.2, 0) is 13.6 Å². The van der Waals surface area contributed by atoms with Crippen LogP contribution in [0.3, 0.4) is 0 Å². The Kier molecular flexibility index (Phi) is 5.15. The Morgan fingerprint density at radius 3 is 2.79 bits per heavy atom. The van der Waals surface area contributed by atoms with E-state index in [-0.39, 0.29) is 12.1 Å². The fourth-order valence-electron chi connectivity index (χ4n) is 3.18. The molecule has 1 aromatic heterocycles. The first-order valence-corrected chi connectivity index (χ1v) is 8.44. The molecule has 3 N–H and O–H groups in total. The molecule has 2 amide bonds. The van der Waals surface area contributed by atoms with Crippen molar-refractivity contribution in [3.8, 4) is 11.3 Å². The van der Waals surface area contributed by atoms with Crippen LogP contribution < -0.4 is 10.6 Å². The molecule has 1 aromatic carbocycles. The topological polar surface area (TPSA) is 79.2 Å². The van der Waals surface area contributed by atoms with Gasteiger partial charge in [0.1, 0.15) is 0 Å². The fraction of sp³-hybridized carbons (Fsp3) is 0.444. The summed E-state index contributed by atoms with van der Waals surface area (Å²) in [4.78, 5) is 12.1. The lowest BCUT2D eigenvalue weighted by molar-refractivity contribution is 0.0943. The third-order valence-corrected chi connectivity index (χ3v) is 4.44. The molecule has 128 valence electrons. The van der Waals surface area contributed by atoms with Crippen LogP contribution in [-0.4, -0.2) is 33.1 Å². The van der Waals surface area contributed by atoms with Crippen molar-refractivity contribution < 1.29 is 9.90 Å². The van der Waals surface area contributed by atoms with Gasteiger partial charge in [0.25, 0.3) is 0 Å². The summed E-state index contributed by atoms with van der Waals surface area (Å²) in [5.74, 6) is 0. The van der Waals surface area contributed by atoms with E-state index in [4.69, 9.17) is 0 Å². The zero-order valence-electron chi connectivity index (χ0n) is 13.9. The first kappa shape index (κ1) is 16.5. The molecule has 3 rings (SSSR count). The smallest absolute Gasteiger partial charge is 0.315 e. The van der Waals surface area contributed by atoms with Crippen molar-refractivity contribution in [3.63, 3.8) is 0 Å². The van der Waals surface area contributed by atoms with Crippen molar-refractivity contribution >= 4 is 6.03 Å². The van der Waals surface area contributed by atoms with Gasteiger partial charge in [0.2, 0.25) is 0 Å². The van der Waals surface area contributed by atoms with E-state index >= 15 is 0 Å². The number of urea groups is 1. The van der Waals surface area contributed by atoms with Crippen LogP contribution in [0.2, 0.25) is 0 Å². The second-order valence-electron chi connectivity index (χ2n) is 6.33. The van der Waals surface area contributed by atoms with Crippen LogP contribution in [0.5, 0.6) is 0 Å². The largest absolute Gasteiger partial charge is 0.391 e. The van der Waals surface area contributed by atoms with Gasteiger partial charge in [0.15, 0.2) is 0 Å². The number of carbonyl (C=O) groups excluding carboxylic acids is 1. The van der Waals surface area contributed by atoms with Crippen LogP contribution in [0, 0.1) is 0 Å². The minimum atomic E-state index is -0.442. The van der Waals surface area contributed by atoms with Gasteiger partial charge in [-0.2, -0.15) is 5.10 Å². The number of hydrogen-bond acceptors (Lipinski definition) is 3. The van der Waals surface area contributed by atoms with Gasteiger partial charge in [0.05, 0.1) is 17.8 Å². The molecule has 2 atom stereocenters. The van der Waals surface area contributed by atoms with E-state index in [0.717, 1.165) is 42.5 Å². The number of aliphatic hydroxyl groups is 1. The van der Waals surface area contributed by atoms with Gasteiger partial charge >= 0.3 is 6.03 Å². The molecular formula is C18H24N4O2. The van der Waals surface area contributed by atoms with Gasteiger partial charge in [0, 0.05) is 30.9 Å². The van der Waals surface area contributed by atoms with Crippen molar-refractivity contribution in [2.24, 2.45) is 7.05 Å². The minimum Gasteiger partial charge on any atom is -0.391 e. The lowest BCUT2D eigenvalue weighted by atomic mass is 9.93. The second-order valence-corrected chi connectivity index (χ2v) is 6.33. The maximum Gasteiger partial charge on any atom is 0.315 e. The highest BCUT2D eigenvalue weighted by atomic mass is 16.3. The van der Waals surface area contributed by atoms with Crippen LogP contribution in [0.1, 0.15) is 31.2 Å². The van der Waals surface area contributed by atoms with Crippen molar-refractivity contribution in [1.82, 2.24) is 20.4 Å². The molecule has 6 heteroatoms. The van der Waals surface area contributed by atoms with Gasteiger partial charge in [-0.05, 0) is 12.8 Å². The van der Waals surface area contributed by atoms with Crippen molar-refractivity contribution in [2.75, 3.05) is 0 Å². The number of hydrogen-bond donors (Lipinski definition) is 3. The first-order valence-electron chi connectivity index (χ1n) is 8.44. The average Bonchev–Trinajstić information content (AvgIpc) is 2.97. The summed E-state index contributed by atoms with van der Waals surface area (Å²) in [6.07, 6.45) is 5.13. The van der Waals surface area contributed by atoms with Crippen LogP contribution >= 0.6 is 0 Å². The molecule has 0 aliphatic heterocycles. The molecule has 6 nitrogen and oxygen atoms in total. The predicted molar refractivity (Wildman–Crippen MR) is 92.3 cm³/mol. The summed E-state index contributed by atoms with van der Waals surface area (Å²) in [6, 6.07) is 9.52. The molecule has 0 radical (unpaired) electrons. The predicted octanol–water partition coefficient (Wildman–Crippen LogP) is 2.19. The SMILES string of the molecule is Cn1cc(CNC(=O)N[C@@H]2CCCC[C@H]2O)c(-c2ccccc2)n1. The van der Waals surface area contributed by atoms with Gasteiger partial charge in [-0.15, -0.1) is 0 Å². The lowest BCUT2D eigenvalue weighted by Crippen LogP contribution is -2.48. The van der Waals surface area contributed by atoms with Crippen LogP contribution in [0.4, 0.5) is 4.79 Å². The van der Waals surface area contributed by atoms with Crippen molar-refractivity contribution in [2.45, 2.75) is 44.4 Å². The Morgan fingerprint density at radius 1 is 1.29 bits per heavy atom. The standard InChI is InChI=1S/C18H24N4O2/c1-22-12-14(17(21-22)13-7-3-2-4-8-13)11-19-18(24)20-15-9-5-6-10-16(15)23/h2-4,7-8,12,15-16,23H,5-6,9-11H2,1H3,(H2,19,20,24)/t15-,16-/m1/s1. The summed E-state index contributed by atoms with van der Waals surface area (Å²) >= 11 is 0. The Morgan fingerprint density at radius 2 is 2.04 bits per heavy atom. The van der Waals surface area contributed by atoms with E-state index in [1.165, 1.54) is 0 Å². The van der Waals surface area contributed by atoms with E-state index in [1.54, 1.807) is 4.68 Å². The molecule has 0 bridgehead atoms. The molecule has 1 fully saturated rings. The second kappa shape index (κ2) is 7.49. The van der Waals surface area contributed by atoms with Crippen LogP contribution in [0.15, 0.2) is 36.5 Å². The number of benzene rings is 1. The number of rotatable bonds is 4. The summed E-state index contributed by atoms with van der Waals surface area (Å²) in [5, 5.41) is 20.2. The normalized spacial score (nSPS) is 20.6. The fourth-order valence-corrected chi connectivity index (χ4v) is 3.18. The molecule has 0 spiro atoms. The van der Waals surface area contributed by atoms with Crippen molar-refractivity contribution in [1.29, 1.82) is 0 Å². The van der Waals surface area contributed by atoms with E-state index in [2.05, 4.69) is 15.7 Å². The minimum absolute atomic E-state index is 0.152. The Bertz CT molecular complexity index is 684. The molecule has 1 aliphatic rings. The first-order chi connectivity index (χ1) is 11.6. The third kappa shape index (κ3) is 3.94. The number of aromatic nitrogens is 2. The number of aliphatic hydroxyl groups excluding tert-OH is 1. The molecule has 0 unspecified atom stereocenters. The van der Waals surface area contributed by atoms with Gasteiger partial charge < -0.3 is 15.7 Å². The van der Waals surface area contributed by atoms with E-state index in [9.17, 15) is 9.90 Å². The highest BCUT2D eigenvalue weighted by Crippen LogP contribution is 2.21. The molecule has 1 saturated carbocycles. The highest BCUT2D eigenvalue weighted by molar-refractivity contribution is 5.74. The summed E-state index contributed by atoms with van der Waals surface area (Å²) in [5.41, 5.74) is 2.86. The maximum absolute atomic E-state index is 12.1. The van der Waals surface area contributed by atoms with Crippen molar-refractivity contribution in [3.05, 3.63) is 42.1 Å². The summed E-state index contributed by atoms with van der Waals surface area (Å²) in [6.45, 7) is 0.396. The number of amides is 2. The Balaban J connectivity index is 1.61. The average molecular weight is 328 g/mol. The Hall–Kier alpha value is -2.34. The van der Waals surface area contributed by atoms with Gasteiger partial charge in [-0.25, -0.2) is 4.79 Å². The molecule has 0 saturated heterocycles. The Labute approximate surface area is 141 Å². The van der Waals surface area contributed by atoms with E-state index in [1.807, 2.05) is 43.6 Å². The number of nitrogens with zero attached hydrogens (tertiary/aromatic N) is 2. The third-order valence-electron chi connectivity index (χ3n) is 4.44. The van der Waals surface area contributed by atoms with Crippen LogP contribution in [0.25, 0.3) is 11.3 Å². The number of aryl methyl sites for hydroxylation is 1. The molecular weight excluding hydrogens is 304 g/mol. The number of carbonyl (C=O) groups is 1. The van der Waals surface area contributed by atoms with Gasteiger partial charge in [-0.3, -0.25) is 4.68 Å². The number of nitrogens with one attached hydrogen (secondary N) is 2. The monoisotopic (exact) mass is 328 g/mol. The zero-order chi connectivity index (χ0) is 16.9. The highest BCUT2D eigenvalue weighted by Gasteiger charge is 2.24. The summed E-state index contributed by atoms with van der Waals surface area (Å²) in [7, 11) is 1.87. The maximum atomic E-state index is 12.1. The molecule has 2 aromatic rings. The van der Waals surface area contributed by atoms with E-state index in [0.29, 0.717) is 6.54 Å². The lowest BCUT2D eigenvalue weighted by Gasteiger charge is -2.28. The molecule has 24 heavy (non-hydrogen) atoms.